The van der Waals surface area contributed by atoms with Crippen LogP contribution in [0.4, 0.5) is 5.69 Å². The molecule has 156 valence electrons. The largest absolute Gasteiger partial charge is 0.449 e. The molecule has 8 nitrogen and oxygen atoms in total. The summed E-state index contributed by atoms with van der Waals surface area (Å²) in [4.78, 5) is 41.8. The summed E-state index contributed by atoms with van der Waals surface area (Å²) in [6.07, 6.45) is 0.530. The molecular formula is C21H21ClN4O4. The van der Waals surface area contributed by atoms with E-state index in [9.17, 15) is 14.4 Å². The Hall–Kier alpha value is -3.39. The molecule has 2 aromatic heterocycles. The summed E-state index contributed by atoms with van der Waals surface area (Å²) >= 11 is 5.79. The summed E-state index contributed by atoms with van der Waals surface area (Å²) in [6, 6.07) is 11.9. The minimum absolute atomic E-state index is 0.132. The number of halogens is 1. The van der Waals surface area contributed by atoms with Gasteiger partial charge >= 0.3 is 5.97 Å². The number of anilines is 1. The predicted molar refractivity (Wildman–Crippen MR) is 113 cm³/mol. The topological polar surface area (TPSA) is 95.2 Å². The van der Waals surface area contributed by atoms with Crippen LogP contribution < -0.4 is 10.9 Å². The number of amides is 1. The summed E-state index contributed by atoms with van der Waals surface area (Å²) in [5.41, 5.74) is 1.17. The molecule has 1 amide bonds. The van der Waals surface area contributed by atoms with E-state index in [1.165, 1.54) is 23.0 Å². The highest BCUT2D eigenvalue weighted by Gasteiger charge is 2.25. The third kappa shape index (κ3) is 4.28. The van der Waals surface area contributed by atoms with Crippen LogP contribution in [0.25, 0.3) is 5.69 Å². The van der Waals surface area contributed by atoms with E-state index in [0.29, 0.717) is 11.4 Å². The first-order valence-corrected chi connectivity index (χ1v) is 9.68. The number of nitrogens with zero attached hydrogens (tertiary/aromatic N) is 3. The molecule has 0 fully saturated rings. The summed E-state index contributed by atoms with van der Waals surface area (Å²) in [6.45, 7) is 3.43. The number of pyridine rings is 1. The van der Waals surface area contributed by atoms with Gasteiger partial charge in [0, 0.05) is 13.2 Å². The average Bonchev–Trinajstić information content (AvgIpc) is 2.95. The van der Waals surface area contributed by atoms with Crippen molar-refractivity contribution < 1.29 is 14.3 Å². The van der Waals surface area contributed by atoms with Crippen LogP contribution in [0.2, 0.25) is 5.15 Å². The Bertz CT molecular complexity index is 1140. The van der Waals surface area contributed by atoms with Crippen LogP contribution in [0.1, 0.15) is 29.4 Å². The third-order valence-electron chi connectivity index (χ3n) is 4.68. The van der Waals surface area contributed by atoms with E-state index < -0.39 is 18.0 Å². The van der Waals surface area contributed by atoms with Gasteiger partial charge in [0.05, 0.1) is 16.9 Å². The first-order chi connectivity index (χ1) is 14.3. The van der Waals surface area contributed by atoms with Crippen LogP contribution in [-0.2, 0) is 16.6 Å². The lowest BCUT2D eigenvalue weighted by Gasteiger charge is -2.15. The van der Waals surface area contributed by atoms with Crippen LogP contribution >= 0.6 is 11.6 Å². The smallest absolute Gasteiger partial charge is 0.339 e. The maximum absolute atomic E-state index is 12.9. The molecule has 9 heteroatoms. The van der Waals surface area contributed by atoms with Crippen molar-refractivity contribution >= 4 is 29.2 Å². The fraction of sp³-hybridized carbons (Fsp3) is 0.238. The van der Waals surface area contributed by atoms with Crippen LogP contribution in [0.5, 0.6) is 0 Å². The highest BCUT2D eigenvalue weighted by Crippen LogP contribution is 2.16. The number of hydrogen-bond donors (Lipinski definition) is 1. The van der Waals surface area contributed by atoms with Crippen LogP contribution in [0.3, 0.4) is 0 Å². The zero-order valence-corrected chi connectivity index (χ0v) is 17.5. The van der Waals surface area contributed by atoms with Gasteiger partial charge in [-0.05, 0) is 37.6 Å². The van der Waals surface area contributed by atoms with Gasteiger partial charge in [-0.2, -0.15) is 0 Å². The fourth-order valence-corrected chi connectivity index (χ4v) is 3.14. The average molecular weight is 429 g/mol. The SMILES string of the molecule is CCC(OC(=O)c1ccnc(Cl)c1)C(=O)Nc1c(C)n(C)n(-c2ccccc2)c1=O. The Morgan fingerprint density at radius 2 is 1.93 bits per heavy atom. The molecule has 1 N–H and O–H groups in total. The molecule has 1 unspecified atom stereocenters. The van der Waals surface area contributed by atoms with Gasteiger partial charge in [-0.1, -0.05) is 36.7 Å². The van der Waals surface area contributed by atoms with Crippen molar-refractivity contribution in [3.8, 4) is 5.69 Å². The van der Waals surface area contributed by atoms with Crippen molar-refractivity contribution in [2.75, 3.05) is 5.32 Å². The number of rotatable bonds is 6. The molecule has 0 saturated carbocycles. The number of carbonyl (C=O) groups excluding carboxylic acids is 2. The van der Waals surface area contributed by atoms with E-state index in [-0.39, 0.29) is 28.4 Å². The Morgan fingerprint density at radius 3 is 2.57 bits per heavy atom. The lowest BCUT2D eigenvalue weighted by atomic mass is 10.2. The molecule has 0 aliphatic rings. The number of ether oxygens (including phenoxy) is 1. The number of para-hydroxylation sites is 1. The van der Waals surface area contributed by atoms with Crippen molar-refractivity contribution in [3.63, 3.8) is 0 Å². The monoisotopic (exact) mass is 428 g/mol. The molecule has 1 atom stereocenters. The Balaban J connectivity index is 1.82. The van der Waals surface area contributed by atoms with Crippen molar-refractivity contribution in [1.29, 1.82) is 0 Å². The van der Waals surface area contributed by atoms with Crippen molar-refractivity contribution in [2.24, 2.45) is 7.05 Å². The quantitative estimate of drug-likeness (QED) is 0.480. The second kappa shape index (κ2) is 8.96. The molecule has 0 aliphatic carbocycles. The van der Waals surface area contributed by atoms with E-state index in [1.54, 1.807) is 37.7 Å². The zero-order valence-electron chi connectivity index (χ0n) is 16.8. The second-order valence-electron chi connectivity index (χ2n) is 6.60. The van der Waals surface area contributed by atoms with E-state index in [4.69, 9.17) is 16.3 Å². The Kier molecular flexibility index (Phi) is 6.37. The first kappa shape index (κ1) is 21.3. The fourth-order valence-electron chi connectivity index (χ4n) is 2.96. The predicted octanol–water partition coefficient (Wildman–Crippen LogP) is 3.11. The van der Waals surface area contributed by atoms with Crippen molar-refractivity contribution in [1.82, 2.24) is 14.3 Å². The maximum atomic E-state index is 12.9. The van der Waals surface area contributed by atoms with E-state index >= 15 is 0 Å². The van der Waals surface area contributed by atoms with Gasteiger partial charge in [0.25, 0.3) is 11.5 Å². The van der Waals surface area contributed by atoms with E-state index in [1.807, 2.05) is 18.2 Å². The van der Waals surface area contributed by atoms with Gasteiger partial charge in [-0.3, -0.25) is 14.3 Å². The minimum atomic E-state index is -1.08. The van der Waals surface area contributed by atoms with Gasteiger partial charge in [0.1, 0.15) is 10.8 Å². The van der Waals surface area contributed by atoms with Crippen molar-refractivity contribution in [2.45, 2.75) is 26.4 Å². The maximum Gasteiger partial charge on any atom is 0.339 e. The molecule has 3 rings (SSSR count). The van der Waals surface area contributed by atoms with Crippen LogP contribution in [-0.4, -0.2) is 32.3 Å². The van der Waals surface area contributed by atoms with E-state index in [0.717, 1.165) is 0 Å². The highest BCUT2D eigenvalue weighted by molar-refractivity contribution is 6.29. The van der Waals surface area contributed by atoms with Crippen LogP contribution in [0, 0.1) is 6.92 Å². The molecule has 0 saturated heterocycles. The first-order valence-electron chi connectivity index (χ1n) is 9.31. The minimum Gasteiger partial charge on any atom is -0.449 e. The third-order valence-corrected chi connectivity index (χ3v) is 4.88. The molecule has 2 heterocycles. The molecule has 3 aromatic rings. The molecule has 0 aliphatic heterocycles. The Labute approximate surface area is 178 Å². The van der Waals surface area contributed by atoms with Gasteiger partial charge in [0.15, 0.2) is 6.10 Å². The number of benzene rings is 1. The molecule has 30 heavy (non-hydrogen) atoms. The Morgan fingerprint density at radius 1 is 1.23 bits per heavy atom. The molecular weight excluding hydrogens is 408 g/mol. The van der Waals surface area contributed by atoms with Gasteiger partial charge in [0.2, 0.25) is 0 Å². The summed E-state index contributed by atoms with van der Waals surface area (Å²) < 4.78 is 8.43. The normalized spacial score (nSPS) is 11.7. The summed E-state index contributed by atoms with van der Waals surface area (Å²) in [5, 5.41) is 2.76. The lowest BCUT2D eigenvalue weighted by molar-refractivity contribution is -0.124. The lowest BCUT2D eigenvalue weighted by Crippen LogP contribution is -2.33. The molecule has 0 spiro atoms. The number of carbonyl (C=O) groups is 2. The standard InChI is InChI=1S/C21H21ClN4O4/c1-4-16(30-21(29)14-10-11-23-17(22)12-14)19(27)24-18-13(2)25(3)26(20(18)28)15-8-6-5-7-9-15/h5-12,16H,4H2,1-3H3,(H,24,27). The number of nitrogens with one attached hydrogen (secondary N) is 1. The summed E-state index contributed by atoms with van der Waals surface area (Å²) in [5.74, 6) is -1.29. The van der Waals surface area contributed by atoms with Gasteiger partial charge in [-0.15, -0.1) is 0 Å². The van der Waals surface area contributed by atoms with Crippen LogP contribution in [0.15, 0.2) is 53.5 Å². The molecule has 1 aromatic carbocycles. The zero-order chi connectivity index (χ0) is 21.8. The summed E-state index contributed by atoms with van der Waals surface area (Å²) in [7, 11) is 1.73. The van der Waals surface area contributed by atoms with Gasteiger partial charge in [-0.25, -0.2) is 14.5 Å². The number of hydrogen-bond acceptors (Lipinski definition) is 5. The molecule has 0 bridgehead atoms. The van der Waals surface area contributed by atoms with E-state index in [2.05, 4.69) is 10.3 Å². The number of aromatic nitrogens is 3. The van der Waals surface area contributed by atoms with Gasteiger partial charge < -0.3 is 10.1 Å². The number of esters is 1. The highest BCUT2D eigenvalue weighted by atomic mass is 35.5. The van der Waals surface area contributed by atoms with Crippen molar-refractivity contribution in [3.05, 3.63) is 75.4 Å². The second-order valence-corrected chi connectivity index (χ2v) is 6.98. The molecule has 0 radical (unpaired) electrons.